The van der Waals surface area contributed by atoms with Crippen molar-refractivity contribution in [3.05, 3.63) is 0 Å². The maximum absolute atomic E-state index is 12.2. The Balaban J connectivity index is 4.83. The van der Waals surface area contributed by atoms with Gasteiger partial charge in [0.05, 0.1) is 0 Å². The average molecular weight is 331 g/mol. The number of carbonyl (C=O) groups excluding carboxylic acids is 2. The summed E-state index contributed by atoms with van der Waals surface area (Å²) in [5.74, 6) is -1.92. The Kier molecular flexibility index (Phi) is 7.54. The molecule has 134 valence electrons. The summed E-state index contributed by atoms with van der Waals surface area (Å²) < 4.78 is 10.2. The van der Waals surface area contributed by atoms with Crippen LogP contribution in [-0.2, 0) is 19.1 Å². The topological polar surface area (TPSA) is 102 Å². The van der Waals surface area contributed by atoms with E-state index in [1.807, 2.05) is 13.8 Å². The van der Waals surface area contributed by atoms with Crippen molar-refractivity contribution in [2.24, 2.45) is 5.92 Å². The number of carboxylic acids is 1. The summed E-state index contributed by atoms with van der Waals surface area (Å²) in [5.41, 5.74) is -2.10. The van der Waals surface area contributed by atoms with E-state index in [2.05, 4.69) is 5.32 Å². The average Bonchev–Trinajstić information content (AvgIpc) is 2.34. The summed E-state index contributed by atoms with van der Waals surface area (Å²) in [6.45, 7) is 11.8. The minimum Gasteiger partial charge on any atom is -0.479 e. The molecule has 7 heteroatoms. The van der Waals surface area contributed by atoms with Crippen LogP contribution >= 0.6 is 0 Å². The van der Waals surface area contributed by atoms with Crippen LogP contribution in [0.25, 0.3) is 0 Å². The Morgan fingerprint density at radius 3 is 2.04 bits per heavy atom. The van der Waals surface area contributed by atoms with E-state index in [0.29, 0.717) is 0 Å². The van der Waals surface area contributed by atoms with Gasteiger partial charge in [-0.25, -0.2) is 14.4 Å². The number of hydrogen-bond donors (Lipinski definition) is 2. The monoisotopic (exact) mass is 331 g/mol. The van der Waals surface area contributed by atoms with Gasteiger partial charge in [0, 0.05) is 0 Å². The van der Waals surface area contributed by atoms with Gasteiger partial charge >= 0.3 is 18.0 Å². The van der Waals surface area contributed by atoms with Crippen LogP contribution in [0, 0.1) is 5.92 Å². The van der Waals surface area contributed by atoms with Crippen LogP contribution in [0.3, 0.4) is 0 Å². The molecule has 0 fully saturated rings. The highest BCUT2D eigenvalue weighted by atomic mass is 16.6. The minimum absolute atomic E-state index is 0.103. The maximum Gasteiger partial charge on any atom is 0.408 e. The lowest BCUT2D eigenvalue weighted by Crippen LogP contribution is -2.53. The summed E-state index contributed by atoms with van der Waals surface area (Å²) in [4.78, 5) is 35.2. The van der Waals surface area contributed by atoms with Crippen LogP contribution in [0.1, 0.15) is 61.3 Å². The van der Waals surface area contributed by atoms with E-state index in [0.717, 1.165) is 6.42 Å². The molecule has 1 amide bonds. The summed E-state index contributed by atoms with van der Waals surface area (Å²) in [7, 11) is 0. The zero-order valence-electron chi connectivity index (χ0n) is 15.1. The summed E-state index contributed by atoms with van der Waals surface area (Å²) in [6, 6.07) is 0. The molecule has 0 bridgehead atoms. The lowest BCUT2D eigenvalue weighted by atomic mass is 10.0. The fraction of sp³-hybridized carbons (Fsp3) is 0.812. The fourth-order valence-corrected chi connectivity index (χ4v) is 1.62. The molecule has 0 aromatic rings. The number of carbonyl (C=O) groups is 3. The first kappa shape index (κ1) is 21.2. The normalized spacial score (nSPS) is 14.6. The molecule has 0 spiro atoms. The first-order valence-corrected chi connectivity index (χ1v) is 7.73. The second-order valence-electron chi connectivity index (χ2n) is 7.23. The van der Waals surface area contributed by atoms with Crippen molar-refractivity contribution in [1.82, 2.24) is 5.32 Å². The van der Waals surface area contributed by atoms with Crippen LogP contribution < -0.4 is 5.32 Å². The Morgan fingerprint density at radius 2 is 1.65 bits per heavy atom. The molecule has 0 aliphatic heterocycles. The van der Waals surface area contributed by atoms with Gasteiger partial charge in [0.2, 0.25) is 0 Å². The number of aliphatic carboxylic acids is 1. The standard InChI is InChI=1S/C16H29NO6/c1-8-10(2)9-11(12(18)19)22-13(20)16(6,7)17-14(21)23-15(3,4)5/h10-11H,8-9H2,1-7H3,(H,17,21)(H,18,19). The molecule has 0 rings (SSSR count). The van der Waals surface area contributed by atoms with Crippen LogP contribution in [0.5, 0.6) is 0 Å². The van der Waals surface area contributed by atoms with Gasteiger partial charge < -0.3 is 19.9 Å². The fourth-order valence-electron chi connectivity index (χ4n) is 1.62. The van der Waals surface area contributed by atoms with Gasteiger partial charge in [-0.2, -0.15) is 0 Å². The van der Waals surface area contributed by atoms with Crippen molar-refractivity contribution in [1.29, 1.82) is 0 Å². The molecule has 0 saturated heterocycles. The SMILES string of the molecule is CCC(C)CC(OC(=O)C(C)(C)NC(=O)OC(C)(C)C)C(=O)O. The molecule has 2 atom stereocenters. The number of esters is 1. The molecule has 0 saturated carbocycles. The van der Waals surface area contributed by atoms with Crippen LogP contribution in [0.2, 0.25) is 0 Å². The third-order valence-corrected chi connectivity index (χ3v) is 3.16. The summed E-state index contributed by atoms with van der Waals surface area (Å²) in [6.07, 6.45) is -1.01. The van der Waals surface area contributed by atoms with E-state index in [1.165, 1.54) is 13.8 Å². The van der Waals surface area contributed by atoms with Crippen molar-refractivity contribution in [3.63, 3.8) is 0 Å². The molecule has 0 aliphatic rings. The van der Waals surface area contributed by atoms with Crippen LogP contribution in [0.15, 0.2) is 0 Å². The molecule has 0 heterocycles. The van der Waals surface area contributed by atoms with Crippen molar-refractivity contribution >= 4 is 18.0 Å². The van der Waals surface area contributed by atoms with Crippen molar-refractivity contribution in [2.75, 3.05) is 0 Å². The van der Waals surface area contributed by atoms with Gasteiger partial charge in [-0.3, -0.25) is 0 Å². The second-order valence-corrected chi connectivity index (χ2v) is 7.23. The Hall–Kier alpha value is -1.79. The molecule has 0 aliphatic carbocycles. The van der Waals surface area contributed by atoms with Gasteiger partial charge in [0.25, 0.3) is 0 Å². The largest absolute Gasteiger partial charge is 0.479 e. The predicted molar refractivity (Wildman–Crippen MR) is 85.0 cm³/mol. The van der Waals surface area contributed by atoms with Crippen molar-refractivity contribution in [2.45, 2.75) is 78.6 Å². The third-order valence-electron chi connectivity index (χ3n) is 3.16. The molecular weight excluding hydrogens is 302 g/mol. The van der Waals surface area contributed by atoms with Crippen molar-refractivity contribution in [3.8, 4) is 0 Å². The quantitative estimate of drug-likeness (QED) is 0.695. The molecule has 23 heavy (non-hydrogen) atoms. The zero-order valence-corrected chi connectivity index (χ0v) is 15.1. The molecule has 0 aromatic carbocycles. The Bertz CT molecular complexity index is 438. The highest BCUT2D eigenvalue weighted by molar-refractivity contribution is 5.87. The lowest BCUT2D eigenvalue weighted by molar-refractivity contribution is -0.169. The molecule has 0 aromatic heterocycles. The second kappa shape index (κ2) is 8.17. The molecule has 0 radical (unpaired) electrons. The van der Waals surface area contributed by atoms with E-state index in [4.69, 9.17) is 9.47 Å². The number of nitrogens with one attached hydrogen (secondary N) is 1. The highest BCUT2D eigenvalue weighted by Crippen LogP contribution is 2.16. The summed E-state index contributed by atoms with van der Waals surface area (Å²) >= 11 is 0. The third kappa shape index (κ3) is 8.42. The number of rotatable bonds is 7. The Morgan fingerprint density at radius 1 is 1.13 bits per heavy atom. The molecule has 7 nitrogen and oxygen atoms in total. The maximum atomic E-state index is 12.2. The Labute approximate surface area is 137 Å². The zero-order chi connectivity index (χ0) is 18.4. The summed E-state index contributed by atoms with van der Waals surface area (Å²) in [5, 5.41) is 11.6. The smallest absolute Gasteiger partial charge is 0.408 e. The highest BCUT2D eigenvalue weighted by Gasteiger charge is 2.36. The van der Waals surface area contributed by atoms with E-state index in [1.54, 1.807) is 20.8 Å². The van der Waals surface area contributed by atoms with Crippen LogP contribution in [-0.4, -0.2) is 40.4 Å². The van der Waals surface area contributed by atoms with E-state index < -0.39 is 35.3 Å². The van der Waals surface area contributed by atoms with E-state index in [9.17, 15) is 19.5 Å². The number of ether oxygens (including phenoxy) is 2. The lowest BCUT2D eigenvalue weighted by Gasteiger charge is -2.28. The number of hydrogen-bond acceptors (Lipinski definition) is 5. The van der Waals surface area contributed by atoms with Crippen LogP contribution in [0.4, 0.5) is 4.79 Å². The number of amides is 1. The van der Waals surface area contributed by atoms with Gasteiger partial charge in [-0.1, -0.05) is 20.3 Å². The molecule has 2 unspecified atom stereocenters. The molecular formula is C16H29NO6. The number of carboxylic acid groups (broad SMARTS) is 1. The number of alkyl carbamates (subject to hydrolysis) is 1. The van der Waals surface area contributed by atoms with Gasteiger partial charge in [-0.15, -0.1) is 0 Å². The minimum atomic E-state index is -1.40. The van der Waals surface area contributed by atoms with Gasteiger partial charge in [-0.05, 0) is 47.0 Å². The van der Waals surface area contributed by atoms with Crippen molar-refractivity contribution < 1.29 is 29.0 Å². The first-order valence-electron chi connectivity index (χ1n) is 7.73. The first-order chi connectivity index (χ1) is 10.3. The molecule has 2 N–H and O–H groups in total. The van der Waals surface area contributed by atoms with Gasteiger partial charge in [0.15, 0.2) is 6.10 Å². The van der Waals surface area contributed by atoms with Gasteiger partial charge in [0.1, 0.15) is 11.1 Å². The predicted octanol–water partition coefficient (Wildman–Crippen LogP) is 2.72. The van der Waals surface area contributed by atoms with E-state index in [-0.39, 0.29) is 12.3 Å². The van der Waals surface area contributed by atoms with E-state index >= 15 is 0 Å².